The molecule has 0 rings (SSSR count). The average molecular weight is 591 g/mol. The van der Waals surface area contributed by atoms with Crippen molar-refractivity contribution in [1.82, 2.24) is 0 Å². The normalized spacial score (nSPS) is 12.4. The number of rotatable bonds is 33. The molecule has 0 saturated carbocycles. The van der Waals surface area contributed by atoms with Crippen molar-refractivity contribution in [3.63, 3.8) is 0 Å². The topological polar surface area (TPSA) is 63.6 Å². The molecule has 42 heavy (non-hydrogen) atoms. The SMILES string of the molecule is CCCCC/C=C\C/C=C\CCCCCCCCCCCCCC(=O)OC(CC)CCCCCCCCCCC(=O)O. The highest BCUT2D eigenvalue weighted by Gasteiger charge is 2.12. The van der Waals surface area contributed by atoms with E-state index in [1.54, 1.807) is 0 Å². The molecule has 0 aliphatic carbocycles. The van der Waals surface area contributed by atoms with E-state index in [0.717, 1.165) is 57.8 Å². The van der Waals surface area contributed by atoms with Gasteiger partial charge in [-0.2, -0.15) is 0 Å². The molecule has 0 heterocycles. The first-order chi connectivity index (χ1) is 20.6. The van der Waals surface area contributed by atoms with Gasteiger partial charge in [-0.3, -0.25) is 9.59 Å². The molecular weight excluding hydrogens is 520 g/mol. The number of carboxylic acid groups (broad SMARTS) is 1. The monoisotopic (exact) mass is 591 g/mol. The van der Waals surface area contributed by atoms with Crippen LogP contribution in [-0.4, -0.2) is 23.1 Å². The Bertz CT molecular complexity index is 639. The molecule has 1 unspecified atom stereocenters. The van der Waals surface area contributed by atoms with E-state index in [1.165, 1.54) is 116 Å². The quantitative estimate of drug-likeness (QED) is 0.0469. The fourth-order valence-corrected chi connectivity index (χ4v) is 5.44. The van der Waals surface area contributed by atoms with Gasteiger partial charge < -0.3 is 9.84 Å². The van der Waals surface area contributed by atoms with Crippen molar-refractivity contribution in [2.45, 2.75) is 206 Å². The van der Waals surface area contributed by atoms with E-state index < -0.39 is 5.97 Å². The second-order valence-corrected chi connectivity index (χ2v) is 12.4. The van der Waals surface area contributed by atoms with Gasteiger partial charge in [-0.1, -0.05) is 147 Å². The molecule has 246 valence electrons. The van der Waals surface area contributed by atoms with Gasteiger partial charge >= 0.3 is 11.9 Å². The number of carboxylic acids is 1. The van der Waals surface area contributed by atoms with E-state index in [1.807, 2.05) is 0 Å². The van der Waals surface area contributed by atoms with Gasteiger partial charge in [0.15, 0.2) is 0 Å². The third-order valence-corrected chi connectivity index (χ3v) is 8.25. The molecule has 1 atom stereocenters. The second-order valence-electron chi connectivity index (χ2n) is 12.4. The number of allylic oxidation sites excluding steroid dienone is 4. The summed E-state index contributed by atoms with van der Waals surface area (Å²) in [6.07, 6.45) is 42.8. The summed E-state index contributed by atoms with van der Waals surface area (Å²) in [5.41, 5.74) is 0. The van der Waals surface area contributed by atoms with E-state index in [2.05, 4.69) is 38.2 Å². The summed E-state index contributed by atoms with van der Waals surface area (Å²) in [4.78, 5) is 22.8. The fraction of sp³-hybridized carbons (Fsp3) is 0.842. The predicted molar refractivity (Wildman–Crippen MR) is 181 cm³/mol. The van der Waals surface area contributed by atoms with Crippen LogP contribution in [-0.2, 0) is 14.3 Å². The van der Waals surface area contributed by atoms with Crippen LogP contribution in [0.4, 0.5) is 0 Å². The van der Waals surface area contributed by atoms with Crippen molar-refractivity contribution in [3.8, 4) is 0 Å². The van der Waals surface area contributed by atoms with Crippen LogP contribution in [0.15, 0.2) is 24.3 Å². The number of hydrogen-bond donors (Lipinski definition) is 1. The maximum absolute atomic E-state index is 12.3. The lowest BCUT2D eigenvalue weighted by Gasteiger charge is -2.16. The number of hydrogen-bond acceptors (Lipinski definition) is 3. The van der Waals surface area contributed by atoms with Crippen molar-refractivity contribution in [1.29, 1.82) is 0 Å². The molecule has 4 nitrogen and oxygen atoms in total. The molecule has 0 aliphatic rings. The number of unbranched alkanes of at least 4 members (excludes halogenated alkanes) is 21. The third kappa shape index (κ3) is 32.9. The largest absolute Gasteiger partial charge is 0.481 e. The van der Waals surface area contributed by atoms with Crippen LogP contribution in [0.25, 0.3) is 0 Å². The average Bonchev–Trinajstić information content (AvgIpc) is 2.98. The van der Waals surface area contributed by atoms with Gasteiger partial charge in [-0.05, 0) is 64.2 Å². The molecule has 0 aromatic rings. The molecule has 0 amide bonds. The highest BCUT2D eigenvalue weighted by Crippen LogP contribution is 2.16. The summed E-state index contributed by atoms with van der Waals surface area (Å²) in [5, 5.41) is 8.66. The molecule has 0 aromatic carbocycles. The Morgan fingerprint density at radius 3 is 1.45 bits per heavy atom. The first-order valence-corrected chi connectivity index (χ1v) is 18.3. The summed E-state index contributed by atoms with van der Waals surface area (Å²) in [7, 11) is 0. The summed E-state index contributed by atoms with van der Waals surface area (Å²) >= 11 is 0. The van der Waals surface area contributed by atoms with Gasteiger partial charge in [0.05, 0.1) is 0 Å². The number of ether oxygens (including phenoxy) is 1. The molecule has 0 aromatic heterocycles. The van der Waals surface area contributed by atoms with Crippen molar-refractivity contribution < 1.29 is 19.4 Å². The molecule has 0 aliphatic heterocycles. The van der Waals surface area contributed by atoms with E-state index >= 15 is 0 Å². The summed E-state index contributed by atoms with van der Waals surface area (Å²) in [6.45, 7) is 4.37. The van der Waals surface area contributed by atoms with Crippen LogP contribution in [0.2, 0.25) is 0 Å². The molecule has 0 saturated heterocycles. The first kappa shape index (κ1) is 40.4. The van der Waals surface area contributed by atoms with E-state index in [9.17, 15) is 9.59 Å². The predicted octanol–water partition coefficient (Wildman–Crippen LogP) is 12.4. The Balaban J connectivity index is 3.42. The van der Waals surface area contributed by atoms with Crippen LogP contribution in [0.3, 0.4) is 0 Å². The van der Waals surface area contributed by atoms with E-state index in [-0.39, 0.29) is 12.1 Å². The van der Waals surface area contributed by atoms with Crippen molar-refractivity contribution in [2.24, 2.45) is 0 Å². The van der Waals surface area contributed by atoms with Gasteiger partial charge in [0, 0.05) is 12.8 Å². The fourth-order valence-electron chi connectivity index (χ4n) is 5.44. The summed E-state index contributed by atoms with van der Waals surface area (Å²) in [5.74, 6) is -0.692. The number of esters is 1. The Hall–Kier alpha value is -1.58. The highest BCUT2D eigenvalue weighted by molar-refractivity contribution is 5.69. The molecule has 1 N–H and O–H groups in total. The maximum Gasteiger partial charge on any atom is 0.306 e. The van der Waals surface area contributed by atoms with Crippen molar-refractivity contribution >= 4 is 11.9 Å². The lowest BCUT2D eigenvalue weighted by molar-refractivity contribution is -0.149. The van der Waals surface area contributed by atoms with E-state index in [0.29, 0.717) is 12.8 Å². The molecule has 4 heteroatoms. The van der Waals surface area contributed by atoms with Crippen LogP contribution in [0.1, 0.15) is 200 Å². The Morgan fingerprint density at radius 1 is 0.548 bits per heavy atom. The van der Waals surface area contributed by atoms with Crippen molar-refractivity contribution in [3.05, 3.63) is 24.3 Å². The molecular formula is C38H70O4. The molecule has 0 bridgehead atoms. The van der Waals surface area contributed by atoms with Gasteiger partial charge in [-0.25, -0.2) is 0 Å². The van der Waals surface area contributed by atoms with Gasteiger partial charge in [0.25, 0.3) is 0 Å². The minimum Gasteiger partial charge on any atom is -0.481 e. The lowest BCUT2D eigenvalue weighted by atomic mass is 10.0. The number of carbonyl (C=O) groups is 2. The van der Waals surface area contributed by atoms with Gasteiger partial charge in [0.1, 0.15) is 6.10 Å². The Kier molecular flexibility index (Phi) is 32.6. The summed E-state index contributed by atoms with van der Waals surface area (Å²) in [6, 6.07) is 0. The number of aliphatic carboxylic acids is 1. The Morgan fingerprint density at radius 2 is 0.976 bits per heavy atom. The molecule has 0 radical (unpaired) electrons. The summed E-state index contributed by atoms with van der Waals surface area (Å²) < 4.78 is 5.74. The first-order valence-electron chi connectivity index (χ1n) is 18.3. The third-order valence-electron chi connectivity index (χ3n) is 8.25. The minimum absolute atomic E-state index is 0.00616. The highest BCUT2D eigenvalue weighted by atomic mass is 16.5. The van der Waals surface area contributed by atoms with Crippen LogP contribution >= 0.6 is 0 Å². The Labute approximate surface area is 261 Å². The minimum atomic E-state index is -0.686. The van der Waals surface area contributed by atoms with Crippen LogP contribution in [0, 0.1) is 0 Å². The maximum atomic E-state index is 12.3. The zero-order valence-electron chi connectivity index (χ0n) is 28.1. The smallest absolute Gasteiger partial charge is 0.306 e. The lowest BCUT2D eigenvalue weighted by Crippen LogP contribution is -2.17. The molecule has 0 spiro atoms. The van der Waals surface area contributed by atoms with Crippen LogP contribution in [0.5, 0.6) is 0 Å². The number of carbonyl (C=O) groups excluding carboxylic acids is 1. The molecule has 0 fully saturated rings. The van der Waals surface area contributed by atoms with E-state index in [4.69, 9.17) is 9.84 Å². The van der Waals surface area contributed by atoms with Gasteiger partial charge in [-0.15, -0.1) is 0 Å². The zero-order chi connectivity index (χ0) is 30.8. The van der Waals surface area contributed by atoms with Crippen LogP contribution < -0.4 is 0 Å². The van der Waals surface area contributed by atoms with Gasteiger partial charge in [0.2, 0.25) is 0 Å². The second kappa shape index (κ2) is 33.9. The standard InChI is InChI=1S/C38H70O4/c1-3-5-6-7-8-9-10-11-12-13-14-15-16-17-18-19-20-21-26-29-32-35-38(41)42-36(4-2)33-30-27-24-22-23-25-28-31-34-37(39)40/h8-9,11-12,36H,3-7,10,13-35H2,1-2H3,(H,39,40)/b9-8-,12-11-. The zero-order valence-corrected chi connectivity index (χ0v) is 28.1. The van der Waals surface area contributed by atoms with Crippen molar-refractivity contribution in [2.75, 3.05) is 0 Å².